The molecule has 6 rings (SSSR count). The summed E-state index contributed by atoms with van der Waals surface area (Å²) in [6, 6.07) is 14.3. The Kier molecular flexibility index (Phi) is 6.45. The third-order valence-corrected chi connectivity index (χ3v) is 8.56. The minimum Gasteiger partial charge on any atom is -0.358 e. The maximum Gasteiger partial charge on any atom is 0.256 e. The zero-order valence-electron chi connectivity index (χ0n) is 22.6. The maximum atomic E-state index is 13.4. The Bertz CT molecular complexity index is 1620. The van der Waals surface area contributed by atoms with E-state index in [0.717, 1.165) is 76.2 Å². The van der Waals surface area contributed by atoms with Gasteiger partial charge in [-0.3, -0.25) is 9.59 Å². The van der Waals surface area contributed by atoms with Crippen LogP contribution in [0.1, 0.15) is 38.4 Å². The number of aromatic amines is 1. The van der Waals surface area contributed by atoms with Crippen molar-refractivity contribution >= 4 is 40.5 Å². The number of benzene rings is 2. The van der Waals surface area contributed by atoms with Gasteiger partial charge in [-0.15, -0.1) is 11.3 Å². The molecule has 0 aliphatic carbocycles. The summed E-state index contributed by atoms with van der Waals surface area (Å²) in [6.45, 7) is 9.13. The van der Waals surface area contributed by atoms with E-state index in [1.54, 1.807) is 11.3 Å². The first-order valence-corrected chi connectivity index (χ1v) is 14.0. The predicted octanol–water partition coefficient (Wildman–Crippen LogP) is 5.61. The molecule has 4 heterocycles. The van der Waals surface area contributed by atoms with Crippen LogP contribution in [0.3, 0.4) is 0 Å². The molecule has 4 aromatic rings. The zero-order chi connectivity index (χ0) is 27.3. The number of thiazole rings is 1. The molecule has 1 saturated heterocycles. The van der Waals surface area contributed by atoms with Crippen molar-refractivity contribution in [3.8, 4) is 21.8 Å². The molecule has 2 N–H and O–H groups in total. The molecule has 2 aliphatic rings. The number of anilines is 1. The van der Waals surface area contributed by atoms with Gasteiger partial charge in [0.25, 0.3) is 11.8 Å². The standard InChI is InChI=1S/C31H31N5O2S/c1-18-5-7-21(8-6-18)30-34-27(17-39-30)22-9-10-25-23(15-22)24(29(37)33-25)16-26-19(2)28(20(3)32-26)31(38)36-13-11-35(4)12-14-36/h5-10,15-17,32H,11-14H2,1-4H3,(H,33,37). The fourth-order valence-corrected chi connectivity index (χ4v) is 6.11. The van der Waals surface area contributed by atoms with E-state index in [4.69, 9.17) is 4.98 Å². The molecule has 0 spiro atoms. The number of carbonyl (C=O) groups excluding carboxylic acids is 2. The highest BCUT2D eigenvalue weighted by Crippen LogP contribution is 2.38. The number of carbonyl (C=O) groups is 2. The summed E-state index contributed by atoms with van der Waals surface area (Å²) >= 11 is 1.61. The summed E-state index contributed by atoms with van der Waals surface area (Å²) in [5.74, 6) is -0.107. The van der Waals surface area contributed by atoms with Gasteiger partial charge in [0.05, 0.1) is 16.8 Å². The van der Waals surface area contributed by atoms with Crippen LogP contribution in [0.4, 0.5) is 5.69 Å². The van der Waals surface area contributed by atoms with Gasteiger partial charge in [-0.2, -0.15) is 0 Å². The molecule has 2 aromatic heterocycles. The Morgan fingerprint density at radius 3 is 2.46 bits per heavy atom. The lowest BCUT2D eigenvalue weighted by Gasteiger charge is -2.32. The number of hydrogen-bond donors (Lipinski definition) is 2. The van der Waals surface area contributed by atoms with Crippen molar-refractivity contribution in [1.82, 2.24) is 19.8 Å². The normalized spacial score (nSPS) is 16.6. The van der Waals surface area contributed by atoms with E-state index in [1.165, 1.54) is 5.56 Å². The van der Waals surface area contributed by atoms with Crippen molar-refractivity contribution in [3.05, 3.63) is 81.5 Å². The number of nitrogens with one attached hydrogen (secondary N) is 2. The van der Waals surface area contributed by atoms with E-state index in [-0.39, 0.29) is 11.8 Å². The summed E-state index contributed by atoms with van der Waals surface area (Å²) in [7, 11) is 2.08. The fourth-order valence-electron chi connectivity index (χ4n) is 5.28. The second-order valence-electron chi connectivity index (χ2n) is 10.4. The highest BCUT2D eigenvalue weighted by atomic mass is 32.1. The fraction of sp³-hybridized carbons (Fsp3) is 0.258. The zero-order valence-corrected chi connectivity index (χ0v) is 23.4. The van der Waals surface area contributed by atoms with E-state index < -0.39 is 0 Å². The Hall–Kier alpha value is -4.01. The summed E-state index contributed by atoms with van der Waals surface area (Å²) in [4.78, 5) is 38.8. The van der Waals surface area contributed by atoms with E-state index in [0.29, 0.717) is 11.1 Å². The van der Waals surface area contributed by atoms with Crippen molar-refractivity contribution in [2.24, 2.45) is 0 Å². The van der Waals surface area contributed by atoms with Crippen LogP contribution in [0.15, 0.2) is 47.8 Å². The second-order valence-corrected chi connectivity index (χ2v) is 11.3. The average molecular weight is 538 g/mol. The van der Waals surface area contributed by atoms with Crippen LogP contribution in [0.2, 0.25) is 0 Å². The van der Waals surface area contributed by atoms with Crippen LogP contribution in [-0.2, 0) is 4.79 Å². The van der Waals surface area contributed by atoms with Crippen molar-refractivity contribution in [2.45, 2.75) is 20.8 Å². The topological polar surface area (TPSA) is 81.3 Å². The molecule has 0 bridgehead atoms. The smallest absolute Gasteiger partial charge is 0.256 e. The first-order valence-electron chi connectivity index (χ1n) is 13.2. The lowest BCUT2D eigenvalue weighted by Crippen LogP contribution is -2.47. The molecule has 2 aromatic carbocycles. The van der Waals surface area contributed by atoms with Crippen LogP contribution in [0.5, 0.6) is 0 Å². The third kappa shape index (κ3) is 4.70. The highest BCUT2D eigenvalue weighted by Gasteiger charge is 2.28. The Morgan fingerprint density at radius 1 is 1.00 bits per heavy atom. The monoisotopic (exact) mass is 537 g/mol. The van der Waals surface area contributed by atoms with Gasteiger partial charge in [-0.1, -0.05) is 35.9 Å². The molecule has 2 amide bonds. The molecule has 0 atom stereocenters. The third-order valence-electron chi connectivity index (χ3n) is 7.67. The summed E-state index contributed by atoms with van der Waals surface area (Å²) in [5, 5.41) is 6.00. The van der Waals surface area contributed by atoms with Gasteiger partial charge in [0.2, 0.25) is 0 Å². The summed E-state index contributed by atoms with van der Waals surface area (Å²) in [5.41, 5.74) is 9.49. The second kappa shape index (κ2) is 9.94. The summed E-state index contributed by atoms with van der Waals surface area (Å²) in [6.07, 6.45) is 1.87. The van der Waals surface area contributed by atoms with Crippen LogP contribution >= 0.6 is 11.3 Å². The highest BCUT2D eigenvalue weighted by molar-refractivity contribution is 7.13. The van der Waals surface area contributed by atoms with Crippen molar-refractivity contribution in [1.29, 1.82) is 0 Å². The minimum absolute atomic E-state index is 0.0467. The quantitative estimate of drug-likeness (QED) is 0.332. The maximum absolute atomic E-state index is 13.4. The number of nitrogens with zero attached hydrogens (tertiary/aromatic N) is 3. The predicted molar refractivity (Wildman–Crippen MR) is 158 cm³/mol. The van der Waals surface area contributed by atoms with Crippen LogP contribution in [0.25, 0.3) is 33.5 Å². The number of piperazine rings is 1. The lowest BCUT2D eigenvalue weighted by atomic mass is 10.0. The van der Waals surface area contributed by atoms with Gasteiger partial charge in [0.15, 0.2) is 0 Å². The number of likely N-dealkylation sites (N-methyl/N-ethyl adjacent to an activating group) is 1. The Morgan fingerprint density at radius 2 is 1.72 bits per heavy atom. The van der Waals surface area contributed by atoms with Crippen LogP contribution in [-0.4, -0.2) is 64.8 Å². The van der Waals surface area contributed by atoms with Gasteiger partial charge < -0.3 is 20.1 Å². The molecular formula is C31H31N5O2S. The van der Waals surface area contributed by atoms with Gasteiger partial charge in [-0.25, -0.2) is 4.98 Å². The number of aromatic nitrogens is 2. The van der Waals surface area contributed by atoms with E-state index in [9.17, 15) is 9.59 Å². The van der Waals surface area contributed by atoms with Gasteiger partial charge in [0, 0.05) is 65.3 Å². The molecular weight excluding hydrogens is 506 g/mol. The van der Waals surface area contributed by atoms with E-state index in [2.05, 4.69) is 58.8 Å². The molecule has 0 radical (unpaired) electrons. The van der Waals surface area contributed by atoms with E-state index >= 15 is 0 Å². The molecule has 0 unspecified atom stereocenters. The average Bonchev–Trinajstić information content (AvgIpc) is 3.61. The van der Waals surface area contributed by atoms with Crippen LogP contribution < -0.4 is 5.32 Å². The van der Waals surface area contributed by atoms with Gasteiger partial charge in [-0.05, 0) is 51.6 Å². The SMILES string of the molecule is Cc1ccc(-c2nc(-c3ccc4c(c3)C(=Cc3[nH]c(C)c(C(=O)N5CCN(C)CC5)c3C)C(=O)N4)cs2)cc1. The number of amides is 2. The summed E-state index contributed by atoms with van der Waals surface area (Å²) < 4.78 is 0. The number of aryl methyl sites for hydroxylation is 2. The van der Waals surface area contributed by atoms with Crippen molar-refractivity contribution in [3.63, 3.8) is 0 Å². The molecule has 1 fully saturated rings. The Balaban J connectivity index is 1.31. The van der Waals surface area contributed by atoms with Crippen LogP contribution in [0, 0.1) is 20.8 Å². The number of rotatable bonds is 4. The molecule has 198 valence electrons. The van der Waals surface area contributed by atoms with Gasteiger partial charge in [0.1, 0.15) is 5.01 Å². The largest absolute Gasteiger partial charge is 0.358 e. The van der Waals surface area contributed by atoms with Crippen molar-refractivity contribution < 1.29 is 9.59 Å². The lowest BCUT2D eigenvalue weighted by molar-refractivity contribution is -0.110. The first-order chi connectivity index (χ1) is 18.8. The number of H-pyrrole nitrogens is 1. The first kappa shape index (κ1) is 25.3. The number of hydrogen-bond acceptors (Lipinski definition) is 5. The molecule has 7 nitrogen and oxygen atoms in total. The van der Waals surface area contributed by atoms with Gasteiger partial charge >= 0.3 is 0 Å². The molecule has 8 heteroatoms. The Labute approximate surface area is 232 Å². The minimum atomic E-state index is -0.153. The van der Waals surface area contributed by atoms with E-state index in [1.807, 2.05) is 43.0 Å². The van der Waals surface area contributed by atoms with Crippen molar-refractivity contribution in [2.75, 3.05) is 38.5 Å². The molecule has 2 aliphatic heterocycles. The molecule has 39 heavy (non-hydrogen) atoms. The number of fused-ring (bicyclic) bond motifs is 1. The molecule has 0 saturated carbocycles.